The highest BCUT2D eigenvalue weighted by Crippen LogP contribution is 2.23. The van der Waals surface area contributed by atoms with E-state index < -0.39 is 18.0 Å². The number of nitrogens with one attached hydrogen (secondary N) is 1. The molecule has 28 heavy (non-hydrogen) atoms. The van der Waals surface area contributed by atoms with Crippen molar-refractivity contribution in [2.75, 3.05) is 0 Å². The molecular weight excluding hydrogens is 361 g/mol. The topological polar surface area (TPSA) is 68.5 Å². The van der Waals surface area contributed by atoms with E-state index in [1.165, 1.54) is 25.1 Å². The summed E-state index contributed by atoms with van der Waals surface area (Å²) in [7, 11) is 0. The van der Waals surface area contributed by atoms with Gasteiger partial charge in [0, 0.05) is 5.56 Å². The molecule has 1 amide bonds. The molecule has 0 bridgehead atoms. The van der Waals surface area contributed by atoms with Crippen LogP contribution in [-0.4, -0.2) is 18.0 Å². The second-order valence-corrected chi connectivity index (χ2v) is 6.36. The van der Waals surface area contributed by atoms with Crippen molar-refractivity contribution in [1.29, 1.82) is 0 Å². The summed E-state index contributed by atoms with van der Waals surface area (Å²) in [5.41, 5.74) is 1.58. The molecule has 1 heterocycles. The van der Waals surface area contributed by atoms with Gasteiger partial charge in [-0.05, 0) is 55.8 Å². The monoisotopic (exact) mass is 381 g/mol. The van der Waals surface area contributed by atoms with Crippen molar-refractivity contribution in [3.05, 3.63) is 83.9 Å². The van der Waals surface area contributed by atoms with Gasteiger partial charge in [0.25, 0.3) is 5.91 Å². The fraction of sp³-hybridized carbons (Fsp3) is 0.182. The Balaban J connectivity index is 1.59. The predicted octanol–water partition coefficient (Wildman–Crippen LogP) is 4.51. The number of hydrogen-bond acceptors (Lipinski definition) is 4. The lowest BCUT2D eigenvalue weighted by molar-refractivity contribution is -0.129. The summed E-state index contributed by atoms with van der Waals surface area (Å²) in [6.07, 6.45) is -0.988. The molecule has 0 saturated carbocycles. The first kappa shape index (κ1) is 19.4. The van der Waals surface area contributed by atoms with Crippen molar-refractivity contribution in [3.63, 3.8) is 0 Å². The van der Waals surface area contributed by atoms with Gasteiger partial charge >= 0.3 is 5.97 Å². The van der Waals surface area contributed by atoms with Crippen molar-refractivity contribution in [3.8, 4) is 11.3 Å². The highest BCUT2D eigenvalue weighted by Gasteiger charge is 2.22. The summed E-state index contributed by atoms with van der Waals surface area (Å²) in [5.74, 6) is -1.14. The van der Waals surface area contributed by atoms with E-state index in [-0.39, 0.29) is 17.6 Å². The molecule has 0 fully saturated rings. The first-order valence-electron chi connectivity index (χ1n) is 8.86. The number of rotatable bonds is 6. The van der Waals surface area contributed by atoms with Gasteiger partial charge in [-0.15, -0.1) is 0 Å². The van der Waals surface area contributed by atoms with E-state index in [1.54, 1.807) is 18.2 Å². The summed E-state index contributed by atoms with van der Waals surface area (Å²) in [5, 5.41) is 2.81. The first-order chi connectivity index (χ1) is 13.4. The predicted molar refractivity (Wildman–Crippen MR) is 102 cm³/mol. The fourth-order valence-corrected chi connectivity index (χ4v) is 2.64. The Morgan fingerprint density at radius 1 is 0.964 bits per heavy atom. The average molecular weight is 381 g/mol. The minimum absolute atomic E-state index is 0.0323. The van der Waals surface area contributed by atoms with Crippen LogP contribution in [0.25, 0.3) is 11.3 Å². The molecule has 1 aromatic heterocycles. The summed E-state index contributed by atoms with van der Waals surface area (Å²) in [6, 6.07) is 18.0. The van der Waals surface area contributed by atoms with Crippen molar-refractivity contribution >= 4 is 11.9 Å². The molecule has 2 atom stereocenters. The Morgan fingerprint density at radius 2 is 1.64 bits per heavy atom. The third-order valence-corrected chi connectivity index (χ3v) is 4.25. The van der Waals surface area contributed by atoms with Crippen molar-refractivity contribution in [1.82, 2.24) is 5.32 Å². The summed E-state index contributed by atoms with van der Waals surface area (Å²) in [4.78, 5) is 24.6. The highest BCUT2D eigenvalue weighted by molar-refractivity contribution is 5.90. The van der Waals surface area contributed by atoms with Gasteiger partial charge in [0.05, 0.1) is 6.04 Å². The van der Waals surface area contributed by atoms with E-state index in [0.717, 1.165) is 5.56 Å². The van der Waals surface area contributed by atoms with Gasteiger partial charge in [-0.3, -0.25) is 4.79 Å². The fourth-order valence-electron chi connectivity index (χ4n) is 2.64. The Hall–Kier alpha value is -3.41. The van der Waals surface area contributed by atoms with Crippen LogP contribution in [0, 0.1) is 5.82 Å². The third kappa shape index (κ3) is 4.65. The molecule has 3 aromatic rings. The van der Waals surface area contributed by atoms with E-state index in [0.29, 0.717) is 11.3 Å². The number of furan rings is 1. The van der Waals surface area contributed by atoms with Crippen LogP contribution in [0.5, 0.6) is 0 Å². The Kier molecular flexibility index (Phi) is 5.89. The zero-order valence-corrected chi connectivity index (χ0v) is 15.5. The molecule has 0 saturated heterocycles. The summed E-state index contributed by atoms with van der Waals surface area (Å²) < 4.78 is 23.7. The smallest absolute Gasteiger partial charge is 0.375 e. The Bertz CT molecular complexity index is 950. The van der Waals surface area contributed by atoms with Gasteiger partial charge in [0.15, 0.2) is 6.10 Å². The van der Waals surface area contributed by atoms with E-state index in [1.807, 2.05) is 37.3 Å². The second-order valence-electron chi connectivity index (χ2n) is 6.36. The SMILES string of the molecule is CC(OC(=O)c1ccc(-c2ccc(F)cc2)o1)C(=O)NC(C)c1ccccc1. The zero-order chi connectivity index (χ0) is 20.1. The number of carbonyl (C=O) groups is 2. The van der Waals surface area contributed by atoms with Gasteiger partial charge in [0.2, 0.25) is 5.76 Å². The van der Waals surface area contributed by atoms with Crippen LogP contribution >= 0.6 is 0 Å². The minimum Gasteiger partial charge on any atom is -0.449 e. The third-order valence-electron chi connectivity index (χ3n) is 4.25. The summed E-state index contributed by atoms with van der Waals surface area (Å²) >= 11 is 0. The van der Waals surface area contributed by atoms with Gasteiger partial charge in [-0.2, -0.15) is 0 Å². The Morgan fingerprint density at radius 3 is 2.32 bits per heavy atom. The van der Waals surface area contributed by atoms with Gasteiger partial charge in [-0.25, -0.2) is 9.18 Å². The van der Waals surface area contributed by atoms with Gasteiger partial charge in [-0.1, -0.05) is 30.3 Å². The maximum atomic E-state index is 13.0. The molecule has 6 heteroatoms. The van der Waals surface area contributed by atoms with Crippen LogP contribution < -0.4 is 5.32 Å². The van der Waals surface area contributed by atoms with E-state index in [9.17, 15) is 14.0 Å². The summed E-state index contributed by atoms with van der Waals surface area (Å²) in [6.45, 7) is 3.35. The minimum atomic E-state index is -0.988. The molecular formula is C22H20FNO4. The number of benzene rings is 2. The van der Waals surface area contributed by atoms with Crippen molar-refractivity contribution in [2.24, 2.45) is 0 Å². The van der Waals surface area contributed by atoms with Gasteiger partial charge < -0.3 is 14.5 Å². The van der Waals surface area contributed by atoms with Crippen LogP contribution in [0.3, 0.4) is 0 Å². The lowest BCUT2D eigenvalue weighted by Gasteiger charge is -2.18. The van der Waals surface area contributed by atoms with E-state index >= 15 is 0 Å². The zero-order valence-electron chi connectivity index (χ0n) is 15.5. The molecule has 0 aliphatic heterocycles. The quantitative estimate of drug-likeness (QED) is 0.638. The van der Waals surface area contributed by atoms with Crippen molar-refractivity contribution in [2.45, 2.75) is 26.0 Å². The number of amides is 1. The number of hydrogen-bond donors (Lipinski definition) is 1. The molecule has 1 N–H and O–H groups in total. The van der Waals surface area contributed by atoms with Crippen LogP contribution in [0.4, 0.5) is 4.39 Å². The molecule has 0 aliphatic carbocycles. The van der Waals surface area contributed by atoms with Crippen LogP contribution in [0.1, 0.15) is 36.0 Å². The van der Waals surface area contributed by atoms with E-state index in [4.69, 9.17) is 9.15 Å². The number of ether oxygens (including phenoxy) is 1. The lowest BCUT2D eigenvalue weighted by atomic mass is 10.1. The second kappa shape index (κ2) is 8.52. The molecule has 0 radical (unpaired) electrons. The van der Waals surface area contributed by atoms with E-state index in [2.05, 4.69) is 5.32 Å². The molecule has 2 unspecified atom stereocenters. The standard InChI is InChI=1S/C22H20FNO4/c1-14(16-6-4-3-5-7-16)24-21(25)15(2)27-22(26)20-13-12-19(28-20)17-8-10-18(23)11-9-17/h3-15H,1-2H3,(H,24,25). The lowest BCUT2D eigenvalue weighted by Crippen LogP contribution is -2.37. The van der Waals surface area contributed by atoms with Crippen molar-refractivity contribution < 1.29 is 23.1 Å². The molecule has 144 valence electrons. The van der Waals surface area contributed by atoms with Crippen LogP contribution in [0.15, 0.2) is 71.1 Å². The normalized spacial score (nSPS) is 12.8. The number of carbonyl (C=O) groups excluding carboxylic acids is 2. The molecule has 0 spiro atoms. The molecule has 2 aromatic carbocycles. The molecule has 5 nitrogen and oxygen atoms in total. The number of halogens is 1. The van der Waals surface area contributed by atoms with Gasteiger partial charge in [0.1, 0.15) is 11.6 Å². The average Bonchev–Trinajstić information content (AvgIpc) is 3.19. The first-order valence-corrected chi connectivity index (χ1v) is 8.86. The van der Waals surface area contributed by atoms with Crippen LogP contribution in [-0.2, 0) is 9.53 Å². The largest absolute Gasteiger partial charge is 0.449 e. The maximum Gasteiger partial charge on any atom is 0.375 e. The maximum absolute atomic E-state index is 13.0. The number of esters is 1. The molecule has 3 rings (SSSR count). The molecule has 0 aliphatic rings. The Labute approximate surface area is 162 Å². The highest BCUT2D eigenvalue weighted by atomic mass is 19.1. The van der Waals surface area contributed by atoms with Crippen LogP contribution in [0.2, 0.25) is 0 Å².